The normalized spacial score (nSPS) is 12.8. The molecule has 2 aliphatic heterocycles. The molecule has 0 N–H and O–H groups in total. The summed E-state index contributed by atoms with van der Waals surface area (Å²) in [6.45, 7) is -0.275. The number of aromatic nitrogens is 1. The van der Waals surface area contributed by atoms with E-state index in [-0.39, 0.29) is 6.71 Å². The first-order chi connectivity index (χ1) is 48.6. The average Bonchev–Trinajstić information content (AvgIpc) is 0.894. The maximum absolute atomic E-state index is 6.63. The van der Waals surface area contributed by atoms with Crippen molar-refractivity contribution in [3.63, 3.8) is 0 Å². The van der Waals surface area contributed by atoms with Crippen molar-refractivity contribution < 1.29 is 17.7 Å². The monoisotopic (exact) mass is 1250 g/mol. The highest BCUT2D eigenvalue weighted by Crippen LogP contribution is 2.50. The number of furan rings is 4. The molecule has 0 radical (unpaired) electrons. The summed E-state index contributed by atoms with van der Waals surface area (Å²) < 4.78 is 28.7. The van der Waals surface area contributed by atoms with Gasteiger partial charge in [0.2, 0.25) is 0 Å². The number of hydrogen-bond donors (Lipinski definition) is 0. The summed E-state index contributed by atoms with van der Waals surface area (Å²) in [5, 5.41) is 11.2. The first-order valence-electron chi connectivity index (χ1n) is 33.5. The van der Waals surface area contributed by atoms with Gasteiger partial charge >= 0.3 is 0 Å². The van der Waals surface area contributed by atoms with Crippen molar-refractivity contribution in [3.05, 3.63) is 315 Å². The van der Waals surface area contributed by atoms with Crippen molar-refractivity contribution >= 4 is 167 Å². The second kappa shape index (κ2) is 20.2. The van der Waals surface area contributed by atoms with Gasteiger partial charge in [-0.1, -0.05) is 206 Å². The van der Waals surface area contributed by atoms with Crippen molar-refractivity contribution in [1.29, 1.82) is 0 Å². The third-order valence-corrected chi connectivity index (χ3v) is 21.0. The maximum Gasteiger partial charge on any atom is 0.252 e. The Bertz CT molecular complexity index is 6380. The number of rotatable bonds is 7. The summed E-state index contributed by atoms with van der Waals surface area (Å²) in [5.41, 5.74) is 29.1. The molecular weight excluding hydrogens is 1200 g/mol. The Kier molecular flexibility index (Phi) is 11.0. The molecule has 5 aromatic heterocycles. The summed E-state index contributed by atoms with van der Waals surface area (Å²) in [6, 6.07) is 115. The minimum absolute atomic E-state index is 0.275. The van der Waals surface area contributed by atoms with E-state index >= 15 is 0 Å². The molecule has 8 heteroatoms. The zero-order chi connectivity index (χ0) is 63.8. The fourth-order valence-corrected chi connectivity index (χ4v) is 16.9. The topological polar surface area (TPSA) is 64.0 Å². The molecule has 0 bridgehead atoms. The van der Waals surface area contributed by atoms with Gasteiger partial charge in [0.15, 0.2) is 0 Å². The van der Waals surface area contributed by atoms with E-state index in [2.05, 4.69) is 318 Å². The van der Waals surface area contributed by atoms with E-state index in [1.807, 2.05) is 12.1 Å². The molecule has 0 unspecified atom stereocenters. The van der Waals surface area contributed by atoms with Crippen molar-refractivity contribution in [1.82, 2.24) is 4.57 Å². The Morgan fingerprint density at radius 2 is 0.531 bits per heavy atom. The van der Waals surface area contributed by atoms with Gasteiger partial charge in [-0.2, -0.15) is 0 Å². The Labute approximate surface area is 561 Å². The predicted molar refractivity (Wildman–Crippen MR) is 406 cm³/mol. The highest BCUT2D eigenvalue weighted by atomic mass is 16.3. The van der Waals surface area contributed by atoms with E-state index in [4.69, 9.17) is 17.7 Å². The van der Waals surface area contributed by atoms with Crippen LogP contribution >= 0.6 is 0 Å². The molecule has 15 aromatic carbocycles. The number of hydrogen-bond acceptors (Lipinski definition) is 6. The lowest BCUT2D eigenvalue weighted by atomic mass is 9.33. The van der Waals surface area contributed by atoms with Gasteiger partial charge in [-0.05, 0) is 170 Å². The van der Waals surface area contributed by atoms with Gasteiger partial charge in [0, 0.05) is 88.0 Å². The lowest BCUT2D eigenvalue weighted by Gasteiger charge is -2.44. The predicted octanol–water partition coefficient (Wildman–Crippen LogP) is 23.1. The van der Waals surface area contributed by atoms with Crippen LogP contribution in [0.3, 0.4) is 0 Å². The summed E-state index contributed by atoms with van der Waals surface area (Å²) in [7, 11) is 0. The van der Waals surface area contributed by atoms with Crippen LogP contribution in [0.2, 0.25) is 0 Å². The zero-order valence-electron chi connectivity index (χ0n) is 52.6. The molecule has 454 valence electrons. The lowest BCUT2D eigenvalue weighted by Crippen LogP contribution is -2.61. The molecule has 2 aliphatic rings. The highest BCUT2D eigenvalue weighted by Gasteiger charge is 2.45. The molecule has 0 aliphatic carbocycles. The molecule has 7 nitrogen and oxygen atoms in total. The SMILES string of the molecule is c1ccc2c(c1)oc1cccc(-c3ccc(N4c5ccc(-c6cccc7oc8ccccc8c67)cc5B5c6cc(-c7cccc8oc9ccccc9c78)ccc6N(c6ccc(-c7cccc8oc9ccccc9c78)cc6)c6cc(-n7c8ccccc8c8ccccc87)cc4c65)cc3)c12. The number of fused-ring (bicyclic) bond motifs is 19. The zero-order valence-corrected chi connectivity index (χ0v) is 52.6. The molecular formula is C90H52BN3O4. The van der Waals surface area contributed by atoms with Crippen molar-refractivity contribution in [2.75, 3.05) is 9.80 Å². The third kappa shape index (κ3) is 7.59. The van der Waals surface area contributed by atoms with Crippen LogP contribution in [0.5, 0.6) is 0 Å². The molecule has 22 rings (SSSR count). The fraction of sp³-hybridized carbons (Fsp3) is 0. The summed E-state index contributed by atoms with van der Waals surface area (Å²) in [5.74, 6) is 0. The largest absolute Gasteiger partial charge is 0.456 e. The van der Waals surface area contributed by atoms with Crippen LogP contribution in [0.1, 0.15) is 0 Å². The highest BCUT2D eigenvalue weighted by molar-refractivity contribution is 7.00. The Hall–Kier alpha value is -13.0. The molecule has 0 fully saturated rings. The molecule has 20 aromatic rings. The van der Waals surface area contributed by atoms with Crippen molar-refractivity contribution in [2.45, 2.75) is 0 Å². The minimum Gasteiger partial charge on any atom is -0.456 e. The number of nitrogens with zero attached hydrogens (tertiary/aromatic N) is 3. The Morgan fingerprint density at radius 3 is 0.898 bits per heavy atom. The Morgan fingerprint density at radius 1 is 0.224 bits per heavy atom. The van der Waals surface area contributed by atoms with E-state index in [0.717, 1.165) is 183 Å². The Balaban J connectivity index is 0.840. The maximum atomic E-state index is 6.63. The minimum atomic E-state index is -0.275. The van der Waals surface area contributed by atoms with Gasteiger partial charge < -0.3 is 32.0 Å². The second-order valence-electron chi connectivity index (χ2n) is 26.1. The van der Waals surface area contributed by atoms with Gasteiger partial charge in [0.05, 0.1) is 16.7 Å². The van der Waals surface area contributed by atoms with E-state index in [0.29, 0.717) is 0 Å². The summed E-state index contributed by atoms with van der Waals surface area (Å²) >= 11 is 0. The molecule has 0 amide bonds. The van der Waals surface area contributed by atoms with E-state index in [9.17, 15) is 0 Å². The number of anilines is 6. The van der Waals surface area contributed by atoms with E-state index in [1.54, 1.807) is 0 Å². The molecule has 0 spiro atoms. The van der Waals surface area contributed by atoms with Crippen LogP contribution in [0.4, 0.5) is 34.1 Å². The van der Waals surface area contributed by atoms with E-state index in [1.165, 1.54) is 27.2 Å². The average molecular weight is 1250 g/mol. The van der Waals surface area contributed by atoms with Gasteiger partial charge in [0.25, 0.3) is 6.71 Å². The second-order valence-corrected chi connectivity index (χ2v) is 26.1. The van der Waals surface area contributed by atoms with Crippen molar-refractivity contribution in [3.8, 4) is 50.2 Å². The smallest absolute Gasteiger partial charge is 0.252 e. The molecule has 0 saturated carbocycles. The number of para-hydroxylation sites is 6. The van der Waals surface area contributed by atoms with Gasteiger partial charge in [-0.25, -0.2) is 0 Å². The van der Waals surface area contributed by atoms with Crippen LogP contribution in [-0.4, -0.2) is 11.3 Å². The van der Waals surface area contributed by atoms with Crippen LogP contribution in [0, 0.1) is 0 Å². The van der Waals surface area contributed by atoms with Crippen molar-refractivity contribution in [2.24, 2.45) is 0 Å². The molecule has 0 atom stereocenters. The van der Waals surface area contributed by atoms with E-state index < -0.39 is 0 Å². The van der Waals surface area contributed by atoms with Gasteiger partial charge in [-0.15, -0.1) is 0 Å². The van der Waals surface area contributed by atoms with Gasteiger partial charge in [0.1, 0.15) is 44.7 Å². The van der Waals surface area contributed by atoms with Crippen LogP contribution in [0.15, 0.2) is 333 Å². The fourth-order valence-electron chi connectivity index (χ4n) is 16.9. The van der Waals surface area contributed by atoms with Crippen LogP contribution < -0.4 is 26.2 Å². The first-order valence-corrected chi connectivity index (χ1v) is 33.5. The lowest BCUT2D eigenvalue weighted by molar-refractivity contribution is 0.668. The molecule has 98 heavy (non-hydrogen) atoms. The molecule has 0 saturated heterocycles. The standard InChI is InChI=1S/C90H52BN3O4/c1-7-27-72-64(17-1)65-18-2-8-28-73(65)94(72)59-51-76-90-77(52-59)93(58-45-39-54(40-46-58)61-24-14-34-83-87(61)67-20-4-10-30-79(67)96-83)75-48-42-56(63-26-16-36-85-89(63)69-22-6-12-32-81(69)98-85)50-71(75)91(90)70-49-55(62-25-15-35-84-88(62)68-21-5-11-31-80(68)97-84)41-47-74(70)92(76)57-43-37-53(38-44-57)60-23-13-33-82-86(60)66-19-3-9-29-78(66)95-82/h1-52H. The number of benzene rings is 15. The summed E-state index contributed by atoms with van der Waals surface area (Å²) in [4.78, 5) is 5.09. The van der Waals surface area contributed by atoms with Gasteiger partial charge in [-0.3, -0.25) is 0 Å². The third-order valence-electron chi connectivity index (χ3n) is 21.0. The molecule has 7 heterocycles. The van der Waals surface area contributed by atoms with Crippen LogP contribution in [-0.2, 0) is 0 Å². The van der Waals surface area contributed by atoms with Crippen LogP contribution in [0.25, 0.3) is 160 Å². The summed E-state index contributed by atoms with van der Waals surface area (Å²) in [6.07, 6.45) is 0. The first kappa shape index (κ1) is 53.3. The quantitative estimate of drug-likeness (QED) is 0.148.